The summed E-state index contributed by atoms with van der Waals surface area (Å²) in [5, 5.41) is 0. The molecule has 0 spiro atoms. The average Bonchev–Trinajstić information content (AvgIpc) is 2.39. The van der Waals surface area contributed by atoms with Crippen molar-refractivity contribution in [1.82, 2.24) is 10.3 Å². The van der Waals surface area contributed by atoms with E-state index in [2.05, 4.69) is 10.3 Å². The summed E-state index contributed by atoms with van der Waals surface area (Å²) in [5.74, 6) is 5.14. The van der Waals surface area contributed by atoms with Crippen molar-refractivity contribution in [1.29, 1.82) is 0 Å². The Kier molecular flexibility index (Phi) is 4.52. The number of hydrazine groups is 1. The van der Waals surface area contributed by atoms with E-state index in [0.717, 1.165) is 18.7 Å². The van der Waals surface area contributed by atoms with Crippen LogP contribution in [0.4, 0.5) is 0 Å². The fourth-order valence-corrected chi connectivity index (χ4v) is 2.67. The number of rotatable bonds is 3. The second kappa shape index (κ2) is 6.14. The molecule has 0 saturated carbocycles. The second-order valence-corrected chi connectivity index (χ2v) is 5.03. The number of amides is 1. The number of morpholine rings is 1. The van der Waals surface area contributed by atoms with Gasteiger partial charge in [0.2, 0.25) is 0 Å². The van der Waals surface area contributed by atoms with E-state index in [-0.39, 0.29) is 24.2 Å². The van der Waals surface area contributed by atoms with Gasteiger partial charge >= 0.3 is 0 Å². The maximum atomic E-state index is 12.1. The molecule has 1 fully saturated rings. The highest BCUT2D eigenvalue weighted by Crippen LogP contribution is 2.24. The van der Waals surface area contributed by atoms with Crippen LogP contribution >= 0.6 is 0 Å². The van der Waals surface area contributed by atoms with E-state index in [4.69, 9.17) is 10.6 Å². The molecule has 1 aliphatic rings. The number of nitrogens with zero attached hydrogens (tertiary/aromatic N) is 1. The van der Waals surface area contributed by atoms with Gasteiger partial charge in [0.05, 0.1) is 12.2 Å². The number of benzene rings is 1. The van der Waals surface area contributed by atoms with Gasteiger partial charge < -0.3 is 4.74 Å². The first-order valence-electron chi connectivity index (χ1n) is 6.56. The molecule has 1 aromatic carbocycles. The minimum atomic E-state index is -0.361. The van der Waals surface area contributed by atoms with Crippen LogP contribution in [0.5, 0.6) is 0 Å². The van der Waals surface area contributed by atoms with Gasteiger partial charge in [-0.3, -0.25) is 15.1 Å². The van der Waals surface area contributed by atoms with Gasteiger partial charge in [0, 0.05) is 13.1 Å². The van der Waals surface area contributed by atoms with Crippen molar-refractivity contribution in [3.8, 4) is 0 Å². The Morgan fingerprint density at radius 3 is 2.42 bits per heavy atom. The topological polar surface area (TPSA) is 67.6 Å². The molecular formula is C14H21N3O2. The number of ether oxygens (including phenoxy) is 1. The molecule has 3 atom stereocenters. The van der Waals surface area contributed by atoms with Crippen molar-refractivity contribution < 1.29 is 9.53 Å². The molecule has 3 unspecified atom stereocenters. The van der Waals surface area contributed by atoms with E-state index in [9.17, 15) is 4.79 Å². The third-order valence-electron chi connectivity index (χ3n) is 3.32. The van der Waals surface area contributed by atoms with Crippen LogP contribution in [0, 0.1) is 0 Å². The molecule has 5 nitrogen and oxygen atoms in total. The van der Waals surface area contributed by atoms with Gasteiger partial charge in [0.1, 0.15) is 6.04 Å². The molecule has 0 bridgehead atoms. The molecule has 5 heteroatoms. The summed E-state index contributed by atoms with van der Waals surface area (Å²) in [5.41, 5.74) is 3.22. The van der Waals surface area contributed by atoms with E-state index in [1.165, 1.54) is 0 Å². The van der Waals surface area contributed by atoms with Crippen LogP contribution in [-0.2, 0) is 9.53 Å². The zero-order chi connectivity index (χ0) is 13.8. The lowest BCUT2D eigenvalue weighted by molar-refractivity contribution is -0.133. The number of hydrogen-bond acceptors (Lipinski definition) is 4. The largest absolute Gasteiger partial charge is 0.373 e. The molecule has 19 heavy (non-hydrogen) atoms. The molecular weight excluding hydrogens is 242 g/mol. The van der Waals surface area contributed by atoms with E-state index in [1.54, 1.807) is 0 Å². The minimum absolute atomic E-state index is 0.112. The standard InChI is InChI=1S/C14H21N3O2/c1-10-8-17(9-11(2)19-10)13(14(18)16-15)12-6-4-3-5-7-12/h3-7,10-11,13H,8-9,15H2,1-2H3,(H,16,18). The molecule has 1 saturated heterocycles. The first-order chi connectivity index (χ1) is 9.11. The van der Waals surface area contributed by atoms with Crippen LogP contribution < -0.4 is 11.3 Å². The SMILES string of the molecule is CC1CN(C(C(=O)NN)c2ccccc2)CC(C)O1. The van der Waals surface area contributed by atoms with Crippen LogP contribution in [0.2, 0.25) is 0 Å². The maximum absolute atomic E-state index is 12.1. The van der Waals surface area contributed by atoms with Gasteiger partial charge in [0.15, 0.2) is 0 Å². The third-order valence-corrected chi connectivity index (χ3v) is 3.32. The first kappa shape index (κ1) is 14.0. The summed E-state index contributed by atoms with van der Waals surface area (Å²) in [4.78, 5) is 14.2. The molecule has 0 aromatic heterocycles. The summed E-state index contributed by atoms with van der Waals surface area (Å²) >= 11 is 0. The summed E-state index contributed by atoms with van der Waals surface area (Å²) in [7, 11) is 0. The van der Waals surface area contributed by atoms with Crippen LogP contribution in [0.3, 0.4) is 0 Å². The molecule has 104 valence electrons. The number of carbonyl (C=O) groups excluding carboxylic acids is 1. The quantitative estimate of drug-likeness (QED) is 0.481. The molecule has 1 heterocycles. The van der Waals surface area contributed by atoms with Gasteiger partial charge in [-0.05, 0) is 19.4 Å². The number of nitrogens with two attached hydrogens (primary N) is 1. The van der Waals surface area contributed by atoms with E-state index < -0.39 is 0 Å². The lowest BCUT2D eigenvalue weighted by Crippen LogP contribution is -2.51. The molecule has 1 amide bonds. The van der Waals surface area contributed by atoms with E-state index >= 15 is 0 Å². The summed E-state index contributed by atoms with van der Waals surface area (Å²) in [6.07, 6.45) is 0.223. The highest BCUT2D eigenvalue weighted by atomic mass is 16.5. The fraction of sp³-hybridized carbons (Fsp3) is 0.500. The Labute approximate surface area is 113 Å². The summed E-state index contributed by atoms with van der Waals surface area (Å²) in [6, 6.07) is 9.33. The molecule has 0 radical (unpaired) electrons. The van der Waals surface area contributed by atoms with Gasteiger partial charge in [-0.1, -0.05) is 30.3 Å². The Bertz CT molecular complexity index is 414. The van der Waals surface area contributed by atoms with Crippen molar-refractivity contribution in [3.05, 3.63) is 35.9 Å². The number of carbonyl (C=O) groups is 1. The average molecular weight is 263 g/mol. The Balaban J connectivity index is 2.25. The highest BCUT2D eigenvalue weighted by molar-refractivity contribution is 5.82. The van der Waals surface area contributed by atoms with Crippen LogP contribution in [0.1, 0.15) is 25.5 Å². The number of hydrogen-bond donors (Lipinski definition) is 2. The van der Waals surface area contributed by atoms with Gasteiger partial charge in [-0.2, -0.15) is 0 Å². The van der Waals surface area contributed by atoms with Crippen molar-refractivity contribution in [2.45, 2.75) is 32.1 Å². The zero-order valence-corrected chi connectivity index (χ0v) is 11.4. The molecule has 1 aliphatic heterocycles. The smallest absolute Gasteiger partial charge is 0.255 e. The zero-order valence-electron chi connectivity index (χ0n) is 11.4. The lowest BCUT2D eigenvalue weighted by atomic mass is 10.0. The predicted octanol–water partition coefficient (Wildman–Crippen LogP) is 0.827. The lowest BCUT2D eigenvalue weighted by Gasteiger charge is -2.39. The van der Waals surface area contributed by atoms with Crippen molar-refractivity contribution in [3.63, 3.8) is 0 Å². The Hall–Kier alpha value is -1.43. The molecule has 3 N–H and O–H groups in total. The highest BCUT2D eigenvalue weighted by Gasteiger charge is 2.32. The monoisotopic (exact) mass is 263 g/mol. The summed E-state index contributed by atoms with van der Waals surface area (Å²) < 4.78 is 5.71. The van der Waals surface area contributed by atoms with Crippen LogP contribution in [0.25, 0.3) is 0 Å². The maximum Gasteiger partial charge on any atom is 0.255 e. The van der Waals surface area contributed by atoms with Crippen molar-refractivity contribution >= 4 is 5.91 Å². The minimum Gasteiger partial charge on any atom is -0.373 e. The Morgan fingerprint density at radius 1 is 1.32 bits per heavy atom. The summed E-state index contributed by atoms with van der Waals surface area (Å²) in [6.45, 7) is 5.48. The molecule has 2 rings (SSSR count). The fourth-order valence-electron chi connectivity index (χ4n) is 2.67. The van der Waals surface area contributed by atoms with E-state index in [0.29, 0.717) is 0 Å². The Morgan fingerprint density at radius 2 is 1.89 bits per heavy atom. The second-order valence-electron chi connectivity index (χ2n) is 5.03. The van der Waals surface area contributed by atoms with Crippen LogP contribution in [-0.4, -0.2) is 36.1 Å². The number of nitrogens with one attached hydrogen (secondary N) is 1. The molecule has 0 aliphatic carbocycles. The molecule has 1 aromatic rings. The van der Waals surface area contributed by atoms with Gasteiger partial charge in [0.25, 0.3) is 5.91 Å². The normalized spacial score (nSPS) is 25.8. The van der Waals surface area contributed by atoms with Gasteiger partial charge in [-0.25, -0.2) is 5.84 Å². The van der Waals surface area contributed by atoms with Gasteiger partial charge in [-0.15, -0.1) is 0 Å². The van der Waals surface area contributed by atoms with Crippen molar-refractivity contribution in [2.75, 3.05) is 13.1 Å². The predicted molar refractivity (Wildman–Crippen MR) is 73.1 cm³/mol. The van der Waals surface area contributed by atoms with Crippen molar-refractivity contribution in [2.24, 2.45) is 5.84 Å². The van der Waals surface area contributed by atoms with E-state index in [1.807, 2.05) is 44.2 Å². The first-order valence-corrected chi connectivity index (χ1v) is 6.56. The third kappa shape index (κ3) is 3.32. The van der Waals surface area contributed by atoms with Crippen LogP contribution in [0.15, 0.2) is 30.3 Å².